The van der Waals surface area contributed by atoms with Gasteiger partial charge in [-0.3, -0.25) is 4.79 Å². The molecule has 204 valence electrons. The van der Waals surface area contributed by atoms with E-state index in [0.29, 0.717) is 31.4 Å². The molecule has 1 aliphatic rings. The summed E-state index contributed by atoms with van der Waals surface area (Å²) >= 11 is 0. The molecule has 0 aliphatic heterocycles. The first kappa shape index (κ1) is 27.7. The Hall–Kier alpha value is -3.30. The summed E-state index contributed by atoms with van der Waals surface area (Å²) in [5.41, 5.74) is 2.93. The molecule has 0 radical (unpaired) electrons. The number of rotatable bonds is 14. The average Bonchev–Trinajstić information content (AvgIpc) is 3.44. The van der Waals surface area contributed by atoms with Crippen molar-refractivity contribution in [1.82, 2.24) is 14.9 Å². The van der Waals surface area contributed by atoms with Crippen molar-refractivity contribution in [3.63, 3.8) is 0 Å². The summed E-state index contributed by atoms with van der Waals surface area (Å²) in [4.78, 5) is 13.2. The van der Waals surface area contributed by atoms with Gasteiger partial charge in [0.1, 0.15) is 23.2 Å². The van der Waals surface area contributed by atoms with Crippen molar-refractivity contribution in [2.75, 3.05) is 20.3 Å². The number of alkyl halides is 2. The molecule has 1 saturated carbocycles. The second kappa shape index (κ2) is 11.6. The van der Waals surface area contributed by atoms with Crippen LogP contribution < -0.4 is 14.8 Å². The molecular weight excluding hydrogens is 492 g/mol. The molecule has 1 aromatic carbocycles. The van der Waals surface area contributed by atoms with E-state index in [1.807, 2.05) is 32.2 Å². The van der Waals surface area contributed by atoms with Gasteiger partial charge in [-0.2, -0.15) is 9.49 Å². The Bertz CT molecular complexity index is 1310. The number of fused-ring (bicyclic) bond motifs is 1. The molecule has 0 spiro atoms. The molecule has 1 aliphatic carbocycles. The molecule has 0 amide bonds. The van der Waals surface area contributed by atoms with Gasteiger partial charge in [-0.25, -0.2) is 8.91 Å². The summed E-state index contributed by atoms with van der Waals surface area (Å²) in [7, 11) is 1.45. The molecule has 9 heteroatoms. The molecule has 1 fully saturated rings. The van der Waals surface area contributed by atoms with Crippen LogP contribution in [0.4, 0.5) is 8.78 Å². The van der Waals surface area contributed by atoms with Gasteiger partial charge in [0.15, 0.2) is 5.78 Å². The minimum atomic E-state index is -1.82. The first-order valence-corrected chi connectivity index (χ1v) is 12.8. The molecule has 7 nitrogen and oxygen atoms in total. The van der Waals surface area contributed by atoms with Gasteiger partial charge in [-0.1, -0.05) is 12.6 Å². The molecule has 0 bridgehead atoms. The smallest absolute Gasteiger partial charge is 0.257 e. The summed E-state index contributed by atoms with van der Waals surface area (Å²) in [5, 5.41) is 17.0. The number of hydrogen-bond acceptors (Lipinski definition) is 6. The van der Waals surface area contributed by atoms with Gasteiger partial charge >= 0.3 is 0 Å². The summed E-state index contributed by atoms with van der Waals surface area (Å²) in [5.74, 6) is 0.0968. The second-order valence-corrected chi connectivity index (χ2v) is 10.2. The number of ketones is 1. The molecule has 3 aromatic rings. The van der Waals surface area contributed by atoms with Gasteiger partial charge in [0.05, 0.1) is 25.4 Å². The van der Waals surface area contributed by atoms with Crippen molar-refractivity contribution >= 4 is 11.3 Å². The third kappa shape index (κ3) is 6.05. The van der Waals surface area contributed by atoms with Crippen LogP contribution in [0, 0.1) is 5.92 Å². The fourth-order valence-electron chi connectivity index (χ4n) is 4.65. The van der Waals surface area contributed by atoms with Gasteiger partial charge < -0.3 is 19.9 Å². The first-order valence-electron chi connectivity index (χ1n) is 12.8. The Kier molecular flexibility index (Phi) is 8.47. The summed E-state index contributed by atoms with van der Waals surface area (Å²) in [6.45, 7) is 7.97. The maximum atomic E-state index is 14.3. The second-order valence-electron chi connectivity index (χ2n) is 10.2. The zero-order chi connectivity index (χ0) is 27.4. The lowest BCUT2D eigenvalue weighted by atomic mass is 9.95. The maximum absolute atomic E-state index is 14.3. The number of aliphatic hydroxyl groups is 1. The van der Waals surface area contributed by atoms with E-state index in [1.165, 1.54) is 7.11 Å². The lowest BCUT2D eigenvalue weighted by Gasteiger charge is -2.26. The van der Waals surface area contributed by atoms with Crippen LogP contribution in [0.5, 0.6) is 11.5 Å². The minimum absolute atomic E-state index is 0.0333. The van der Waals surface area contributed by atoms with E-state index in [-0.39, 0.29) is 47.3 Å². The normalized spacial score (nSPS) is 17.8. The number of halogens is 2. The number of aromatic nitrogens is 2. The fourth-order valence-corrected chi connectivity index (χ4v) is 4.65. The zero-order valence-corrected chi connectivity index (χ0v) is 22.0. The summed E-state index contributed by atoms with van der Waals surface area (Å²) in [6, 6.07) is 7.25. The van der Waals surface area contributed by atoms with Crippen LogP contribution in [-0.2, 0) is 5.54 Å². The Morgan fingerprint density at radius 1 is 1.37 bits per heavy atom. The third-order valence-electron chi connectivity index (χ3n) is 7.03. The summed E-state index contributed by atoms with van der Waals surface area (Å²) < 4.78 is 40.3. The Balaban J connectivity index is 1.69. The zero-order valence-electron chi connectivity index (χ0n) is 22.0. The maximum Gasteiger partial charge on any atom is 0.257 e. The molecular formula is C29H35F2N3O4. The molecule has 38 heavy (non-hydrogen) atoms. The van der Waals surface area contributed by atoms with Gasteiger partial charge in [0.25, 0.3) is 6.36 Å². The largest absolute Gasteiger partial charge is 0.496 e. The quantitative estimate of drug-likeness (QED) is 0.216. The Morgan fingerprint density at radius 3 is 2.76 bits per heavy atom. The molecule has 0 saturated heterocycles. The molecule has 2 aromatic heterocycles. The predicted molar refractivity (Wildman–Crippen MR) is 142 cm³/mol. The van der Waals surface area contributed by atoms with Crippen molar-refractivity contribution < 1.29 is 28.2 Å². The van der Waals surface area contributed by atoms with Crippen molar-refractivity contribution in [3.8, 4) is 22.6 Å². The number of carbonyl (C=O) groups is 1. The van der Waals surface area contributed by atoms with Crippen molar-refractivity contribution in [2.45, 2.75) is 57.6 Å². The Labute approximate surface area is 221 Å². The van der Waals surface area contributed by atoms with Crippen LogP contribution in [-0.4, -0.2) is 53.3 Å². The lowest BCUT2D eigenvalue weighted by molar-refractivity contribution is 0.0940. The van der Waals surface area contributed by atoms with Crippen molar-refractivity contribution in [2.24, 2.45) is 5.92 Å². The van der Waals surface area contributed by atoms with E-state index in [4.69, 9.17) is 9.47 Å². The molecule has 3 atom stereocenters. The van der Waals surface area contributed by atoms with Crippen LogP contribution in [0.15, 0.2) is 49.3 Å². The molecule has 2 N–H and O–H groups in total. The Morgan fingerprint density at radius 2 is 2.11 bits per heavy atom. The average molecular weight is 528 g/mol. The SMILES string of the molecule is C=CC(F)Oc1cc(-c2cnn3cc(C(C)(C)NCCO)ccc23)cc(OC)c1C(=O)CCC[C@@H]1C[C@@H]1F. The molecule has 1 unspecified atom stereocenters. The van der Waals surface area contributed by atoms with Crippen molar-refractivity contribution in [1.29, 1.82) is 0 Å². The monoisotopic (exact) mass is 527 g/mol. The number of hydrogen-bond donors (Lipinski definition) is 2. The standard InChI is InChI=1S/C29H35F2N3O4/c1-5-27(31)38-26-15-19(14-25(37-4)28(26)24(36)8-6-7-18-13-22(18)30)21-16-33-34-17-20(9-10-23(21)34)29(2,3)32-11-12-35/h5,9-10,14-18,22,27,32,35H,1,6-8,11-13H2,2-4H3/t18-,22+,27?/m1/s1. The van der Waals surface area contributed by atoms with E-state index < -0.39 is 12.5 Å². The topological polar surface area (TPSA) is 85.1 Å². The van der Waals surface area contributed by atoms with Crippen LogP contribution >= 0.6 is 0 Å². The van der Waals surface area contributed by atoms with Gasteiger partial charge in [0.2, 0.25) is 0 Å². The number of ether oxygens (including phenoxy) is 2. The lowest BCUT2D eigenvalue weighted by Crippen LogP contribution is -2.38. The number of nitrogens with zero attached hydrogens (tertiary/aromatic N) is 2. The van der Waals surface area contributed by atoms with Crippen LogP contribution in [0.2, 0.25) is 0 Å². The number of benzene rings is 1. The molecule has 2 heterocycles. The van der Waals surface area contributed by atoms with E-state index in [1.54, 1.807) is 22.8 Å². The number of pyridine rings is 1. The van der Waals surface area contributed by atoms with Crippen LogP contribution in [0.1, 0.15) is 55.5 Å². The predicted octanol–water partition coefficient (Wildman–Crippen LogP) is 5.40. The van der Waals surface area contributed by atoms with Gasteiger partial charge in [-0.15, -0.1) is 0 Å². The molecule has 4 rings (SSSR count). The third-order valence-corrected chi connectivity index (χ3v) is 7.03. The number of aliphatic hydroxyl groups excluding tert-OH is 1. The van der Waals surface area contributed by atoms with Crippen molar-refractivity contribution in [3.05, 3.63) is 60.4 Å². The van der Waals surface area contributed by atoms with E-state index in [2.05, 4.69) is 17.0 Å². The number of nitrogens with one attached hydrogen (secondary N) is 1. The highest BCUT2D eigenvalue weighted by atomic mass is 19.1. The van der Waals surface area contributed by atoms with E-state index in [0.717, 1.165) is 22.7 Å². The highest BCUT2D eigenvalue weighted by Crippen LogP contribution is 2.40. The minimum Gasteiger partial charge on any atom is -0.496 e. The highest BCUT2D eigenvalue weighted by Gasteiger charge is 2.36. The van der Waals surface area contributed by atoms with E-state index in [9.17, 15) is 18.7 Å². The number of methoxy groups -OCH3 is 1. The van der Waals surface area contributed by atoms with Crippen LogP contribution in [0.3, 0.4) is 0 Å². The fraction of sp³-hybridized carbons (Fsp3) is 0.448. The summed E-state index contributed by atoms with van der Waals surface area (Å²) in [6.07, 6.45) is 3.94. The van der Waals surface area contributed by atoms with Gasteiger partial charge in [0, 0.05) is 30.3 Å². The number of carbonyl (C=O) groups excluding carboxylic acids is 1. The van der Waals surface area contributed by atoms with Gasteiger partial charge in [-0.05, 0) is 74.4 Å². The first-order chi connectivity index (χ1) is 18.2. The van der Waals surface area contributed by atoms with Crippen LogP contribution in [0.25, 0.3) is 16.6 Å². The highest BCUT2D eigenvalue weighted by molar-refractivity contribution is 6.02. The van der Waals surface area contributed by atoms with E-state index >= 15 is 0 Å². The number of Topliss-reactive ketones (excluding diaryl/α,β-unsaturated/α-hetero) is 1.